The minimum absolute atomic E-state index is 0.169. The van der Waals surface area contributed by atoms with Gasteiger partial charge in [0, 0.05) is 6.04 Å². The number of benzene rings is 2. The summed E-state index contributed by atoms with van der Waals surface area (Å²) in [5.74, 6) is 0.734. The Morgan fingerprint density at radius 3 is 2.62 bits per heavy atom. The van der Waals surface area contributed by atoms with E-state index >= 15 is 0 Å². The molecule has 0 aliphatic carbocycles. The van der Waals surface area contributed by atoms with Crippen LogP contribution in [0, 0.1) is 12.7 Å². The largest absolute Gasteiger partial charge is 0.456 e. The predicted octanol–water partition coefficient (Wildman–Crippen LogP) is 4.86. The molecule has 2 rings (SSSR count). The van der Waals surface area contributed by atoms with Gasteiger partial charge in [-0.3, -0.25) is 0 Å². The highest BCUT2D eigenvalue weighted by Crippen LogP contribution is 2.30. The third-order valence-corrected chi connectivity index (χ3v) is 3.74. The Hall–Kier alpha value is -1.58. The first-order valence-electron chi connectivity index (χ1n) is 6.97. The second-order valence-corrected chi connectivity index (χ2v) is 5.54. The molecule has 0 fully saturated rings. The molecule has 2 nitrogen and oxygen atoms in total. The maximum Gasteiger partial charge on any atom is 0.146 e. The maximum atomic E-state index is 13.0. The lowest BCUT2D eigenvalue weighted by molar-refractivity contribution is 0.480. The van der Waals surface area contributed by atoms with Gasteiger partial charge < -0.3 is 10.5 Å². The number of hydrogen-bond acceptors (Lipinski definition) is 2. The first-order valence-corrected chi connectivity index (χ1v) is 7.35. The number of nitrogens with two attached hydrogens (primary N) is 1. The third kappa shape index (κ3) is 4.19. The van der Waals surface area contributed by atoms with Gasteiger partial charge in [-0.2, -0.15) is 0 Å². The average molecular weight is 308 g/mol. The summed E-state index contributed by atoms with van der Waals surface area (Å²) in [5, 5.41) is 0.254. The second kappa shape index (κ2) is 6.92. The van der Waals surface area contributed by atoms with Crippen LogP contribution in [0.15, 0.2) is 36.4 Å². The molecule has 0 heterocycles. The summed E-state index contributed by atoms with van der Waals surface area (Å²) in [6.45, 7) is 4.10. The van der Waals surface area contributed by atoms with E-state index in [0.29, 0.717) is 11.5 Å². The molecule has 0 bridgehead atoms. The molecule has 0 aromatic heterocycles. The standard InChI is InChI=1S/C17H19ClFNO/c1-3-14(20)9-12-4-6-15(8-11(12)2)21-17-7-5-13(19)10-16(17)18/h4-8,10,14H,3,9,20H2,1-2H3. The molecular formula is C17H19ClFNO. The van der Waals surface area contributed by atoms with E-state index in [1.165, 1.54) is 23.8 Å². The Balaban J connectivity index is 2.16. The number of halogens is 2. The van der Waals surface area contributed by atoms with Crippen molar-refractivity contribution >= 4 is 11.6 Å². The van der Waals surface area contributed by atoms with Gasteiger partial charge in [-0.15, -0.1) is 0 Å². The molecule has 0 spiro atoms. The fourth-order valence-corrected chi connectivity index (χ4v) is 2.28. The van der Waals surface area contributed by atoms with Crippen molar-refractivity contribution in [2.45, 2.75) is 32.7 Å². The summed E-state index contributed by atoms with van der Waals surface area (Å²) < 4.78 is 18.7. The van der Waals surface area contributed by atoms with E-state index in [-0.39, 0.29) is 16.9 Å². The summed E-state index contributed by atoms with van der Waals surface area (Å²) in [6.07, 6.45) is 1.79. The van der Waals surface area contributed by atoms with E-state index in [1.54, 1.807) is 0 Å². The minimum atomic E-state index is -0.382. The van der Waals surface area contributed by atoms with Crippen LogP contribution in [-0.4, -0.2) is 6.04 Å². The van der Waals surface area contributed by atoms with Gasteiger partial charge in [0.1, 0.15) is 17.3 Å². The third-order valence-electron chi connectivity index (χ3n) is 3.44. The summed E-state index contributed by atoms with van der Waals surface area (Å²) in [7, 11) is 0. The fraction of sp³-hybridized carbons (Fsp3) is 0.294. The van der Waals surface area contributed by atoms with Crippen molar-refractivity contribution in [2.24, 2.45) is 5.73 Å². The van der Waals surface area contributed by atoms with Crippen molar-refractivity contribution in [3.8, 4) is 11.5 Å². The number of rotatable bonds is 5. The quantitative estimate of drug-likeness (QED) is 0.856. The smallest absolute Gasteiger partial charge is 0.146 e. The monoisotopic (exact) mass is 307 g/mol. The van der Waals surface area contributed by atoms with Gasteiger partial charge in [0.15, 0.2) is 0 Å². The van der Waals surface area contributed by atoms with E-state index in [1.807, 2.05) is 25.1 Å². The summed E-state index contributed by atoms with van der Waals surface area (Å²) in [4.78, 5) is 0. The lowest BCUT2D eigenvalue weighted by Crippen LogP contribution is -2.21. The average Bonchev–Trinajstić information content (AvgIpc) is 2.44. The van der Waals surface area contributed by atoms with Crippen molar-refractivity contribution in [1.29, 1.82) is 0 Å². The first kappa shape index (κ1) is 15.8. The van der Waals surface area contributed by atoms with Gasteiger partial charge >= 0.3 is 0 Å². The molecule has 0 amide bonds. The summed E-state index contributed by atoms with van der Waals surface area (Å²) in [6, 6.07) is 10.1. The predicted molar refractivity (Wildman–Crippen MR) is 84.6 cm³/mol. The molecule has 2 aromatic carbocycles. The molecule has 1 atom stereocenters. The van der Waals surface area contributed by atoms with Gasteiger partial charge in [0.25, 0.3) is 0 Å². The zero-order chi connectivity index (χ0) is 15.4. The van der Waals surface area contributed by atoms with Crippen molar-refractivity contribution < 1.29 is 9.13 Å². The number of hydrogen-bond donors (Lipinski definition) is 1. The van der Waals surface area contributed by atoms with Crippen LogP contribution in [0.1, 0.15) is 24.5 Å². The fourth-order valence-electron chi connectivity index (χ4n) is 2.07. The molecule has 0 aliphatic rings. The molecule has 2 N–H and O–H groups in total. The van der Waals surface area contributed by atoms with Gasteiger partial charge in [-0.05, 0) is 61.2 Å². The molecule has 2 aromatic rings. The first-order chi connectivity index (χ1) is 9.99. The lowest BCUT2D eigenvalue weighted by atomic mass is 10.00. The highest BCUT2D eigenvalue weighted by molar-refractivity contribution is 6.32. The SMILES string of the molecule is CCC(N)Cc1ccc(Oc2ccc(F)cc2Cl)cc1C. The normalized spacial score (nSPS) is 12.2. The molecule has 1 unspecified atom stereocenters. The van der Waals surface area contributed by atoms with Crippen molar-refractivity contribution in [1.82, 2.24) is 0 Å². The van der Waals surface area contributed by atoms with Gasteiger partial charge in [-0.25, -0.2) is 4.39 Å². The summed E-state index contributed by atoms with van der Waals surface area (Å²) in [5.41, 5.74) is 8.32. The van der Waals surface area contributed by atoms with Crippen LogP contribution >= 0.6 is 11.6 Å². The van der Waals surface area contributed by atoms with Crippen LogP contribution in [0.3, 0.4) is 0 Å². The Morgan fingerprint density at radius 2 is 2.00 bits per heavy atom. The van der Waals surface area contributed by atoms with E-state index < -0.39 is 0 Å². The molecule has 0 radical (unpaired) electrons. The van der Waals surface area contributed by atoms with Gasteiger partial charge in [0.05, 0.1) is 5.02 Å². The second-order valence-electron chi connectivity index (χ2n) is 5.14. The molecule has 112 valence electrons. The minimum Gasteiger partial charge on any atom is -0.456 e. The molecular weight excluding hydrogens is 289 g/mol. The maximum absolute atomic E-state index is 13.0. The molecule has 0 saturated heterocycles. The Kier molecular flexibility index (Phi) is 5.21. The lowest BCUT2D eigenvalue weighted by Gasteiger charge is -2.13. The molecule has 0 saturated carbocycles. The molecule has 4 heteroatoms. The van der Waals surface area contributed by atoms with Crippen LogP contribution < -0.4 is 10.5 Å². The highest BCUT2D eigenvalue weighted by atomic mass is 35.5. The van der Waals surface area contributed by atoms with Crippen LogP contribution in [0.4, 0.5) is 4.39 Å². The van der Waals surface area contributed by atoms with Crippen molar-refractivity contribution in [3.05, 3.63) is 58.4 Å². The Morgan fingerprint density at radius 1 is 1.24 bits per heavy atom. The molecule has 0 aliphatic heterocycles. The van der Waals surface area contributed by atoms with Crippen LogP contribution in [-0.2, 0) is 6.42 Å². The van der Waals surface area contributed by atoms with E-state index in [0.717, 1.165) is 18.4 Å². The highest BCUT2D eigenvalue weighted by Gasteiger charge is 2.08. The van der Waals surface area contributed by atoms with E-state index in [4.69, 9.17) is 22.1 Å². The zero-order valence-corrected chi connectivity index (χ0v) is 13.0. The van der Waals surface area contributed by atoms with E-state index in [9.17, 15) is 4.39 Å². The van der Waals surface area contributed by atoms with Crippen LogP contribution in [0.5, 0.6) is 11.5 Å². The van der Waals surface area contributed by atoms with E-state index in [2.05, 4.69) is 6.92 Å². The summed E-state index contributed by atoms with van der Waals surface area (Å²) >= 11 is 5.96. The van der Waals surface area contributed by atoms with Gasteiger partial charge in [-0.1, -0.05) is 24.6 Å². The van der Waals surface area contributed by atoms with Crippen LogP contribution in [0.2, 0.25) is 5.02 Å². The van der Waals surface area contributed by atoms with Crippen molar-refractivity contribution in [2.75, 3.05) is 0 Å². The number of aryl methyl sites for hydroxylation is 1. The van der Waals surface area contributed by atoms with Crippen LogP contribution in [0.25, 0.3) is 0 Å². The molecule has 21 heavy (non-hydrogen) atoms. The topological polar surface area (TPSA) is 35.2 Å². The number of ether oxygens (including phenoxy) is 1. The zero-order valence-electron chi connectivity index (χ0n) is 12.2. The van der Waals surface area contributed by atoms with Gasteiger partial charge in [0.2, 0.25) is 0 Å². The Bertz CT molecular complexity index is 630. The van der Waals surface area contributed by atoms with Crippen molar-refractivity contribution in [3.63, 3.8) is 0 Å². The Labute approximate surface area is 129 Å².